The summed E-state index contributed by atoms with van der Waals surface area (Å²) in [5.41, 5.74) is 2.56. The molecule has 0 aliphatic carbocycles. The molecule has 1 aromatic rings. The Morgan fingerprint density at radius 2 is 2.20 bits per heavy atom. The highest BCUT2D eigenvalue weighted by molar-refractivity contribution is 5.51. The molecule has 0 radical (unpaired) electrons. The molecule has 0 amide bonds. The summed E-state index contributed by atoms with van der Waals surface area (Å²) in [6, 6.07) is 8.55. The average molecular weight is 202 g/mol. The van der Waals surface area contributed by atoms with E-state index in [0.29, 0.717) is 0 Å². The van der Waals surface area contributed by atoms with Gasteiger partial charge in [-0.2, -0.15) is 0 Å². The highest BCUT2D eigenvalue weighted by Crippen LogP contribution is 2.16. The summed E-state index contributed by atoms with van der Waals surface area (Å²) >= 11 is 0. The molecule has 1 rings (SSSR count). The highest BCUT2D eigenvalue weighted by Gasteiger charge is 2.00. The van der Waals surface area contributed by atoms with E-state index in [-0.39, 0.29) is 0 Å². The molecule has 0 bridgehead atoms. The van der Waals surface area contributed by atoms with Gasteiger partial charge in [0.15, 0.2) is 0 Å². The zero-order chi connectivity index (χ0) is 11.1. The molecule has 0 heterocycles. The molecule has 2 heteroatoms. The molecule has 0 aliphatic heterocycles. The molecule has 0 atom stereocenters. The Balaban J connectivity index is 2.90. The van der Waals surface area contributed by atoms with Gasteiger partial charge in [0.25, 0.3) is 0 Å². The first-order chi connectivity index (χ1) is 7.31. The SMILES string of the molecule is C=N/C=C\N(CC)c1cccc(CC)c1. The molecule has 0 fully saturated rings. The summed E-state index contributed by atoms with van der Waals surface area (Å²) in [5.74, 6) is 0. The lowest BCUT2D eigenvalue weighted by Gasteiger charge is -2.18. The number of rotatable bonds is 5. The van der Waals surface area contributed by atoms with E-state index in [2.05, 4.69) is 54.7 Å². The molecule has 1 aromatic carbocycles. The molecule has 0 saturated carbocycles. The Morgan fingerprint density at radius 1 is 1.40 bits per heavy atom. The Kier molecular flexibility index (Phi) is 4.61. The van der Waals surface area contributed by atoms with Gasteiger partial charge in [0.05, 0.1) is 0 Å². The molecule has 15 heavy (non-hydrogen) atoms. The van der Waals surface area contributed by atoms with Crippen LogP contribution in [0, 0.1) is 0 Å². The minimum Gasteiger partial charge on any atom is -0.347 e. The van der Waals surface area contributed by atoms with Crippen LogP contribution in [0.15, 0.2) is 41.7 Å². The predicted octanol–water partition coefficient (Wildman–Crippen LogP) is 3.25. The molecule has 0 spiro atoms. The van der Waals surface area contributed by atoms with Gasteiger partial charge in [0, 0.05) is 24.6 Å². The third-order valence-corrected chi connectivity index (χ3v) is 2.34. The van der Waals surface area contributed by atoms with Crippen LogP contribution in [0.1, 0.15) is 19.4 Å². The van der Waals surface area contributed by atoms with Crippen LogP contribution in [0.3, 0.4) is 0 Å². The molecule has 0 N–H and O–H groups in total. The third-order valence-electron chi connectivity index (χ3n) is 2.34. The monoisotopic (exact) mass is 202 g/mol. The number of aryl methyl sites for hydroxylation is 1. The fraction of sp³-hybridized carbons (Fsp3) is 0.308. The molecular weight excluding hydrogens is 184 g/mol. The van der Waals surface area contributed by atoms with Crippen molar-refractivity contribution >= 4 is 12.4 Å². The van der Waals surface area contributed by atoms with Gasteiger partial charge < -0.3 is 4.90 Å². The number of aliphatic imine (C=N–C) groups is 1. The number of hydrogen-bond donors (Lipinski definition) is 0. The maximum atomic E-state index is 3.72. The van der Waals surface area contributed by atoms with Crippen molar-refractivity contribution in [2.75, 3.05) is 11.4 Å². The topological polar surface area (TPSA) is 15.6 Å². The van der Waals surface area contributed by atoms with Gasteiger partial charge in [0.1, 0.15) is 0 Å². The lowest BCUT2D eigenvalue weighted by molar-refractivity contribution is 1.01. The summed E-state index contributed by atoms with van der Waals surface area (Å²) in [6.07, 6.45) is 4.72. The fourth-order valence-electron chi connectivity index (χ4n) is 1.46. The molecule has 0 unspecified atom stereocenters. The Hall–Kier alpha value is -1.57. The summed E-state index contributed by atoms with van der Waals surface area (Å²) in [7, 11) is 0. The first-order valence-corrected chi connectivity index (χ1v) is 5.29. The minimum absolute atomic E-state index is 0.930. The van der Waals surface area contributed by atoms with Gasteiger partial charge in [-0.05, 0) is 37.8 Å². The van der Waals surface area contributed by atoms with Crippen LogP contribution in [-0.4, -0.2) is 13.3 Å². The van der Waals surface area contributed by atoms with Crippen molar-refractivity contribution in [1.29, 1.82) is 0 Å². The lowest BCUT2D eigenvalue weighted by Crippen LogP contribution is -2.14. The Morgan fingerprint density at radius 3 is 2.80 bits per heavy atom. The van der Waals surface area contributed by atoms with Crippen LogP contribution in [0.25, 0.3) is 0 Å². The van der Waals surface area contributed by atoms with E-state index in [1.807, 2.05) is 6.20 Å². The summed E-state index contributed by atoms with van der Waals surface area (Å²) in [5, 5.41) is 0. The highest BCUT2D eigenvalue weighted by atomic mass is 15.1. The van der Waals surface area contributed by atoms with Gasteiger partial charge in [-0.3, -0.25) is 4.99 Å². The maximum absolute atomic E-state index is 3.72. The molecule has 0 saturated heterocycles. The number of nitrogens with zero attached hydrogens (tertiary/aromatic N) is 2. The first kappa shape index (κ1) is 11.5. The van der Waals surface area contributed by atoms with Gasteiger partial charge in [-0.25, -0.2) is 0 Å². The quantitative estimate of drug-likeness (QED) is 0.669. The fourth-order valence-corrected chi connectivity index (χ4v) is 1.46. The van der Waals surface area contributed by atoms with Crippen LogP contribution in [-0.2, 0) is 6.42 Å². The second-order valence-electron chi connectivity index (χ2n) is 3.29. The van der Waals surface area contributed by atoms with E-state index < -0.39 is 0 Å². The summed E-state index contributed by atoms with van der Waals surface area (Å²) < 4.78 is 0. The number of hydrogen-bond acceptors (Lipinski definition) is 2. The normalized spacial score (nSPS) is 10.5. The maximum Gasteiger partial charge on any atom is 0.0423 e. The van der Waals surface area contributed by atoms with Crippen molar-refractivity contribution in [3.8, 4) is 0 Å². The van der Waals surface area contributed by atoms with E-state index in [4.69, 9.17) is 0 Å². The molecular formula is C13H18N2. The van der Waals surface area contributed by atoms with Crippen molar-refractivity contribution in [3.63, 3.8) is 0 Å². The zero-order valence-electron chi connectivity index (χ0n) is 9.48. The summed E-state index contributed by atoms with van der Waals surface area (Å²) in [6.45, 7) is 8.64. The van der Waals surface area contributed by atoms with Crippen LogP contribution in [0.2, 0.25) is 0 Å². The minimum atomic E-state index is 0.930. The van der Waals surface area contributed by atoms with E-state index >= 15 is 0 Å². The Labute approximate surface area is 92.0 Å². The first-order valence-electron chi connectivity index (χ1n) is 5.29. The zero-order valence-corrected chi connectivity index (χ0v) is 9.48. The summed E-state index contributed by atoms with van der Waals surface area (Å²) in [4.78, 5) is 5.87. The Bertz CT molecular complexity index is 342. The average Bonchev–Trinajstić information content (AvgIpc) is 2.30. The van der Waals surface area contributed by atoms with Crippen LogP contribution in [0.4, 0.5) is 5.69 Å². The molecule has 0 aliphatic rings. The van der Waals surface area contributed by atoms with Crippen LogP contribution in [0.5, 0.6) is 0 Å². The smallest absolute Gasteiger partial charge is 0.0423 e. The van der Waals surface area contributed by atoms with E-state index in [1.165, 1.54) is 11.3 Å². The molecule has 2 nitrogen and oxygen atoms in total. The lowest BCUT2D eigenvalue weighted by atomic mass is 10.1. The largest absolute Gasteiger partial charge is 0.347 e. The van der Waals surface area contributed by atoms with Gasteiger partial charge in [0.2, 0.25) is 0 Å². The van der Waals surface area contributed by atoms with Gasteiger partial charge >= 0.3 is 0 Å². The molecule has 80 valence electrons. The standard InChI is InChI=1S/C13H18N2/c1-4-12-7-6-8-13(11-12)15(5-2)10-9-14-3/h6-11H,3-5H2,1-2H3/b10-9-. The van der Waals surface area contributed by atoms with Crippen molar-refractivity contribution in [3.05, 3.63) is 42.2 Å². The van der Waals surface area contributed by atoms with Crippen LogP contribution >= 0.6 is 0 Å². The predicted molar refractivity (Wildman–Crippen MR) is 67.5 cm³/mol. The van der Waals surface area contributed by atoms with E-state index in [9.17, 15) is 0 Å². The van der Waals surface area contributed by atoms with Crippen molar-refractivity contribution < 1.29 is 0 Å². The number of anilines is 1. The second-order valence-corrected chi connectivity index (χ2v) is 3.29. The van der Waals surface area contributed by atoms with Crippen molar-refractivity contribution in [2.24, 2.45) is 4.99 Å². The van der Waals surface area contributed by atoms with Crippen molar-refractivity contribution in [2.45, 2.75) is 20.3 Å². The molecule has 0 aromatic heterocycles. The van der Waals surface area contributed by atoms with Crippen molar-refractivity contribution in [1.82, 2.24) is 0 Å². The van der Waals surface area contributed by atoms with E-state index in [1.54, 1.807) is 6.20 Å². The van der Waals surface area contributed by atoms with E-state index in [0.717, 1.165) is 13.0 Å². The van der Waals surface area contributed by atoms with Gasteiger partial charge in [-0.1, -0.05) is 19.1 Å². The van der Waals surface area contributed by atoms with Crippen LogP contribution < -0.4 is 4.90 Å². The van der Waals surface area contributed by atoms with Gasteiger partial charge in [-0.15, -0.1) is 0 Å². The second kappa shape index (κ2) is 6.02. The number of benzene rings is 1. The third kappa shape index (κ3) is 3.24.